The molecule has 0 saturated carbocycles. The molecule has 0 aliphatic rings. The normalized spacial score (nSPS) is 12.7. The first-order valence-electron chi connectivity index (χ1n) is 5.20. The highest BCUT2D eigenvalue weighted by Crippen LogP contribution is 2.10. The lowest BCUT2D eigenvalue weighted by molar-refractivity contribution is 0.359. The smallest absolute Gasteiger partial charge is 0.264 e. The monoisotopic (exact) mass is 318 g/mol. The van der Waals surface area contributed by atoms with E-state index in [9.17, 15) is 8.42 Å². The number of hydrogen-bond acceptors (Lipinski definition) is 3. The van der Waals surface area contributed by atoms with Crippen LogP contribution < -0.4 is 0 Å². The van der Waals surface area contributed by atoms with Crippen molar-refractivity contribution >= 4 is 26.0 Å². The Hall–Kier alpha value is -0.650. The van der Waals surface area contributed by atoms with Crippen LogP contribution in [0.25, 0.3) is 0 Å². The minimum atomic E-state index is -3.37. The standard InChI is InChI=1S/C12H15BrO3S/c1-17(14,15)16-10-12(13)9-5-8-11-6-3-2-4-7-11/h2-4,6-7,9H,5,8,10H2,1H3/b12-9+. The highest BCUT2D eigenvalue weighted by Gasteiger charge is 2.02. The third-order valence-corrected chi connectivity index (χ3v) is 3.15. The number of benzene rings is 1. The summed E-state index contributed by atoms with van der Waals surface area (Å²) in [5.74, 6) is 0. The molecular weight excluding hydrogens is 304 g/mol. The largest absolute Gasteiger partial charge is 0.265 e. The maximum atomic E-state index is 10.8. The highest BCUT2D eigenvalue weighted by molar-refractivity contribution is 9.11. The summed E-state index contributed by atoms with van der Waals surface area (Å²) in [5.41, 5.74) is 1.26. The molecule has 0 amide bonds. The van der Waals surface area contributed by atoms with Crippen molar-refractivity contribution in [1.29, 1.82) is 0 Å². The number of allylic oxidation sites excluding steroid dienone is 1. The van der Waals surface area contributed by atoms with Crippen LogP contribution in [0.15, 0.2) is 40.9 Å². The Kier molecular flexibility index (Phi) is 5.88. The molecule has 0 N–H and O–H groups in total. The van der Waals surface area contributed by atoms with E-state index in [0.29, 0.717) is 0 Å². The second-order valence-corrected chi connectivity index (χ2v) is 6.30. The van der Waals surface area contributed by atoms with Crippen molar-refractivity contribution in [3.63, 3.8) is 0 Å². The average molecular weight is 319 g/mol. The van der Waals surface area contributed by atoms with E-state index in [1.807, 2.05) is 24.3 Å². The summed E-state index contributed by atoms with van der Waals surface area (Å²) in [6, 6.07) is 10.1. The zero-order valence-electron chi connectivity index (χ0n) is 9.60. The third kappa shape index (κ3) is 7.31. The topological polar surface area (TPSA) is 43.4 Å². The Bertz CT molecular complexity index is 466. The number of rotatable bonds is 6. The van der Waals surface area contributed by atoms with Crippen LogP contribution >= 0.6 is 15.9 Å². The van der Waals surface area contributed by atoms with Gasteiger partial charge < -0.3 is 0 Å². The Morgan fingerprint density at radius 1 is 1.35 bits per heavy atom. The molecule has 0 aliphatic carbocycles. The predicted molar refractivity (Wildman–Crippen MR) is 72.6 cm³/mol. The molecule has 17 heavy (non-hydrogen) atoms. The van der Waals surface area contributed by atoms with Crippen molar-refractivity contribution < 1.29 is 12.6 Å². The van der Waals surface area contributed by atoms with Crippen molar-refractivity contribution in [3.8, 4) is 0 Å². The molecule has 0 fully saturated rings. The van der Waals surface area contributed by atoms with Gasteiger partial charge in [0.1, 0.15) is 0 Å². The summed E-state index contributed by atoms with van der Waals surface area (Å²) in [6.45, 7) is 0.0631. The van der Waals surface area contributed by atoms with E-state index in [0.717, 1.165) is 23.6 Å². The number of aryl methyl sites for hydroxylation is 1. The summed E-state index contributed by atoms with van der Waals surface area (Å²) in [6.07, 6.45) is 4.74. The van der Waals surface area contributed by atoms with Crippen molar-refractivity contribution in [1.82, 2.24) is 0 Å². The zero-order valence-corrected chi connectivity index (χ0v) is 12.0. The van der Waals surface area contributed by atoms with Crippen LogP contribution in [0.1, 0.15) is 12.0 Å². The van der Waals surface area contributed by atoms with Crippen molar-refractivity contribution in [3.05, 3.63) is 46.5 Å². The molecule has 1 rings (SSSR count). The Morgan fingerprint density at radius 2 is 2.00 bits per heavy atom. The van der Waals surface area contributed by atoms with Crippen LogP contribution in [0.2, 0.25) is 0 Å². The van der Waals surface area contributed by atoms with Gasteiger partial charge in [-0.1, -0.05) is 52.3 Å². The summed E-state index contributed by atoms with van der Waals surface area (Å²) in [5, 5.41) is 0. The molecule has 0 aromatic heterocycles. The van der Waals surface area contributed by atoms with Gasteiger partial charge >= 0.3 is 0 Å². The zero-order chi connectivity index (χ0) is 12.7. The average Bonchev–Trinajstić information content (AvgIpc) is 2.27. The molecular formula is C12H15BrO3S. The molecule has 0 heterocycles. The molecule has 0 bridgehead atoms. The predicted octanol–water partition coefficient (Wildman–Crippen LogP) is 2.87. The van der Waals surface area contributed by atoms with Gasteiger partial charge in [-0.2, -0.15) is 8.42 Å². The van der Waals surface area contributed by atoms with Gasteiger partial charge in [0.2, 0.25) is 0 Å². The van der Waals surface area contributed by atoms with Gasteiger partial charge in [-0.05, 0) is 18.4 Å². The lowest BCUT2D eigenvalue weighted by Gasteiger charge is -2.01. The van der Waals surface area contributed by atoms with E-state index in [1.165, 1.54) is 5.56 Å². The lowest BCUT2D eigenvalue weighted by atomic mass is 10.1. The molecule has 0 radical (unpaired) electrons. The van der Waals surface area contributed by atoms with Gasteiger partial charge in [-0.15, -0.1) is 0 Å². The quantitative estimate of drug-likeness (QED) is 0.757. The van der Waals surface area contributed by atoms with Gasteiger partial charge in [0.25, 0.3) is 10.1 Å². The Balaban J connectivity index is 2.34. The molecule has 0 aliphatic heterocycles. The van der Waals surface area contributed by atoms with E-state index >= 15 is 0 Å². The first kappa shape index (κ1) is 14.4. The van der Waals surface area contributed by atoms with Crippen molar-refractivity contribution in [2.45, 2.75) is 12.8 Å². The van der Waals surface area contributed by atoms with E-state index in [4.69, 9.17) is 0 Å². The molecule has 1 aromatic rings. The fourth-order valence-electron chi connectivity index (χ4n) is 1.26. The molecule has 0 saturated heterocycles. The van der Waals surface area contributed by atoms with Crippen molar-refractivity contribution in [2.75, 3.05) is 12.9 Å². The molecule has 94 valence electrons. The molecule has 0 unspecified atom stereocenters. The van der Waals surface area contributed by atoms with Gasteiger partial charge in [0.15, 0.2) is 0 Å². The van der Waals surface area contributed by atoms with Gasteiger partial charge in [0.05, 0.1) is 12.9 Å². The summed E-state index contributed by atoms with van der Waals surface area (Å²) in [4.78, 5) is 0. The van der Waals surface area contributed by atoms with Gasteiger partial charge in [-0.3, -0.25) is 4.18 Å². The second-order valence-electron chi connectivity index (χ2n) is 3.64. The third-order valence-electron chi connectivity index (χ3n) is 2.05. The van der Waals surface area contributed by atoms with Gasteiger partial charge in [0, 0.05) is 4.48 Å². The van der Waals surface area contributed by atoms with Crippen molar-refractivity contribution in [2.24, 2.45) is 0 Å². The highest BCUT2D eigenvalue weighted by atomic mass is 79.9. The van der Waals surface area contributed by atoms with Crippen LogP contribution in [0, 0.1) is 0 Å². The first-order chi connectivity index (χ1) is 7.97. The Labute approximate surface area is 111 Å². The first-order valence-corrected chi connectivity index (χ1v) is 7.81. The maximum absolute atomic E-state index is 10.8. The van der Waals surface area contributed by atoms with Crippen LogP contribution in [0.4, 0.5) is 0 Å². The van der Waals surface area contributed by atoms with Crippen LogP contribution in [0.3, 0.4) is 0 Å². The summed E-state index contributed by atoms with van der Waals surface area (Å²) < 4.78 is 26.9. The van der Waals surface area contributed by atoms with Crippen LogP contribution in [-0.2, 0) is 20.7 Å². The minimum Gasteiger partial charge on any atom is -0.265 e. The molecule has 3 nitrogen and oxygen atoms in total. The Morgan fingerprint density at radius 3 is 2.59 bits per heavy atom. The van der Waals surface area contributed by atoms with E-state index in [-0.39, 0.29) is 6.61 Å². The minimum absolute atomic E-state index is 0.0631. The molecule has 5 heteroatoms. The summed E-state index contributed by atoms with van der Waals surface area (Å²) >= 11 is 3.28. The fourth-order valence-corrected chi connectivity index (χ4v) is 2.10. The van der Waals surface area contributed by atoms with E-state index in [2.05, 4.69) is 32.2 Å². The van der Waals surface area contributed by atoms with Gasteiger partial charge in [-0.25, -0.2) is 0 Å². The molecule has 0 spiro atoms. The molecule has 0 atom stereocenters. The van der Waals surface area contributed by atoms with Crippen LogP contribution in [0.5, 0.6) is 0 Å². The second kappa shape index (κ2) is 6.93. The maximum Gasteiger partial charge on any atom is 0.264 e. The number of hydrogen-bond donors (Lipinski definition) is 0. The number of halogens is 1. The summed E-state index contributed by atoms with van der Waals surface area (Å²) in [7, 11) is -3.37. The van der Waals surface area contributed by atoms with E-state index in [1.54, 1.807) is 0 Å². The van der Waals surface area contributed by atoms with E-state index < -0.39 is 10.1 Å². The fraction of sp³-hybridized carbons (Fsp3) is 0.333. The SMILES string of the molecule is CS(=O)(=O)OC/C(Br)=C\CCc1ccccc1. The van der Waals surface area contributed by atoms with Crippen LogP contribution in [-0.4, -0.2) is 21.3 Å². The lowest BCUT2D eigenvalue weighted by Crippen LogP contribution is -2.03. The molecule has 1 aromatic carbocycles.